The number of hydrogen-bond donors (Lipinski definition) is 2. The van der Waals surface area contributed by atoms with E-state index < -0.39 is 5.41 Å². The lowest BCUT2D eigenvalue weighted by atomic mass is 9.90. The second-order valence-corrected chi connectivity index (χ2v) is 7.60. The fourth-order valence-corrected chi connectivity index (χ4v) is 3.33. The zero-order valence-corrected chi connectivity index (χ0v) is 16.3. The van der Waals surface area contributed by atoms with Crippen LogP contribution in [0.4, 0.5) is 0 Å². The van der Waals surface area contributed by atoms with Crippen LogP contribution in [0.2, 0.25) is 0 Å². The first kappa shape index (κ1) is 20.3. The highest BCUT2D eigenvalue weighted by molar-refractivity contribution is 6.04. The van der Waals surface area contributed by atoms with Gasteiger partial charge in [0, 0.05) is 12.6 Å². The number of methoxy groups -OCH3 is 1. The van der Waals surface area contributed by atoms with Gasteiger partial charge in [-0.15, -0.1) is 0 Å². The van der Waals surface area contributed by atoms with Crippen molar-refractivity contribution in [2.75, 3.05) is 13.7 Å². The summed E-state index contributed by atoms with van der Waals surface area (Å²) >= 11 is 0. The second-order valence-electron chi connectivity index (χ2n) is 7.60. The summed E-state index contributed by atoms with van der Waals surface area (Å²) in [5.74, 6) is 0.393. The Bertz CT molecular complexity index is 605. The van der Waals surface area contributed by atoms with E-state index in [0.717, 1.165) is 37.0 Å². The summed E-state index contributed by atoms with van der Waals surface area (Å²) in [5, 5.41) is 5.98. The zero-order valence-electron chi connectivity index (χ0n) is 16.3. The number of ether oxygens (including phenoxy) is 1. The Hall–Kier alpha value is -2.04. The van der Waals surface area contributed by atoms with Gasteiger partial charge in [-0.3, -0.25) is 9.59 Å². The van der Waals surface area contributed by atoms with Crippen molar-refractivity contribution in [3.8, 4) is 5.75 Å². The van der Waals surface area contributed by atoms with Gasteiger partial charge < -0.3 is 15.4 Å². The molecule has 0 aliphatic heterocycles. The van der Waals surface area contributed by atoms with Crippen LogP contribution in [0.5, 0.6) is 5.75 Å². The van der Waals surface area contributed by atoms with Crippen LogP contribution in [-0.2, 0) is 16.0 Å². The minimum atomic E-state index is -1.08. The van der Waals surface area contributed by atoms with E-state index in [1.54, 1.807) is 21.0 Å². The van der Waals surface area contributed by atoms with Crippen molar-refractivity contribution in [2.45, 2.75) is 64.8 Å². The highest BCUT2D eigenvalue weighted by atomic mass is 16.5. The van der Waals surface area contributed by atoms with Crippen LogP contribution in [0.25, 0.3) is 0 Å². The molecule has 5 nitrogen and oxygen atoms in total. The molecule has 0 heterocycles. The molecule has 2 N–H and O–H groups in total. The Morgan fingerprint density at radius 3 is 2.38 bits per heavy atom. The molecule has 0 spiro atoms. The van der Waals surface area contributed by atoms with Gasteiger partial charge in [-0.2, -0.15) is 0 Å². The van der Waals surface area contributed by atoms with Crippen LogP contribution < -0.4 is 15.4 Å². The van der Waals surface area contributed by atoms with Crippen molar-refractivity contribution in [2.24, 2.45) is 5.41 Å². The van der Waals surface area contributed by atoms with Crippen molar-refractivity contribution in [1.29, 1.82) is 0 Å². The standard InChI is InChI=1S/C21H32N2O3/c1-21(2,20(25)23-17-11-6-4-5-7-12-17)19(24)22-15-14-16-10-8-9-13-18(16)26-3/h8-10,13,17H,4-7,11-12,14-15H2,1-3H3,(H,22,24)(H,23,25). The van der Waals surface area contributed by atoms with Crippen LogP contribution in [0.3, 0.4) is 0 Å². The molecule has 2 amide bonds. The molecular weight excluding hydrogens is 328 g/mol. The molecular formula is C21H32N2O3. The third kappa shape index (κ3) is 5.48. The van der Waals surface area contributed by atoms with Crippen LogP contribution >= 0.6 is 0 Å². The van der Waals surface area contributed by atoms with Crippen LogP contribution in [0, 0.1) is 5.41 Å². The number of hydrogen-bond acceptors (Lipinski definition) is 3. The van der Waals surface area contributed by atoms with Crippen LogP contribution in [0.1, 0.15) is 57.9 Å². The molecule has 1 aliphatic rings. The molecule has 1 aromatic rings. The zero-order chi connectivity index (χ0) is 19.0. The fraction of sp³-hybridized carbons (Fsp3) is 0.619. The van der Waals surface area contributed by atoms with Gasteiger partial charge in [0.25, 0.3) is 0 Å². The minimum absolute atomic E-state index is 0.181. The quantitative estimate of drug-likeness (QED) is 0.579. The molecule has 0 aromatic heterocycles. The molecule has 0 radical (unpaired) electrons. The van der Waals surface area contributed by atoms with E-state index in [4.69, 9.17) is 4.74 Å². The Morgan fingerprint density at radius 1 is 1.08 bits per heavy atom. The molecule has 0 unspecified atom stereocenters. The van der Waals surface area contributed by atoms with Gasteiger partial charge in [-0.05, 0) is 44.7 Å². The number of carbonyl (C=O) groups excluding carboxylic acids is 2. The Kier molecular flexibility index (Phi) is 7.49. The molecule has 144 valence electrons. The first-order chi connectivity index (χ1) is 12.4. The number of amides is 2. The topological polar surface area (TPSA) is 67.4 Å². The smallest absolute Gasteiger partial charge is 0.235 e. The monoisotopic (exact) mass is 360 g/mol. The number of rotatable bonds is 7. The molecule has 2 rings (SSSR count). The van der Waals surface area contributed by atoms with E-state index in [1.807, 2.05) is 24.3 Å². The van der Waals surface area contributed by atoms with Gasteiger partial charge in [-0.25, -0.2) is 0 Å². The SMILES string of the molecule is COc1ccccc1CCNC(=O)C(C)(C)C(=O)NC1CCCCCC1. The summed E-state index contributed by atoms with van der Waals surface area (Å²) in [6.45, 7) is 3.86. The number of benzene rings is 1. The number of nitrogens with one attached hydrogen (secondary N) is 2. The lowest BCUT2D eigenvalue weighted by Gasteiger charge is -2.26. The summed E-state index contributed by atoms with van der Waals surface area (Å²) in [6.07, 6.45) is 7.45. The summed E-state index contributed by atoms with van der Waals surface area (Å²) in [5.41, 5.74) is -0.0383. The van der Waals surface area contributed by atoms with E-state index in [2.05, 4.69) is 10.6 Å². The Labute approximate surface area is 156 Å². The lowest BCUT2D eigenvalue weighted by Crippen LogP contribution is -2.50. The highest BCUT2D eigenvalue weighted by Gasteiger charge is 2.36. The predicted molar refractivity (Wildman–Crippen MR) is 103 cm³/mol. The summed E-state index contributed by atoms with van der Waals surface area (Å²) < 4.78 is 5.33. The molecule has 0 saturated heterocycles. The molecule has 26 heavy (non-hydrogen) atoms. The maximum Gasteiger partial charge on any atom is 0.235 e. The van der Waals surface area contributed by atoms with Gasteiger partial charge in [0.05, 0.1) is 7.11 Å². The summed E-state index contributed by atoms with van der Waals surface area (Å²) in [7, 11) is 1.64. The number of carbonyl (C=O) groups is 2. The van der Waals surface area contributed by atoms with Gasteiger partial charge in [0.1, 0.15) is 11.2 Å². The van der Waals surface area contributed by atoms with Gasteiger partial charge in [0.15, 0.2) is 0 Å². The summed E-state index contributed by atoms with van der Waals surface area (Å²) in [4.78, 5) is 25.2. The van der Waals surface area contributed by atoms with Crippen molar-refractivity contribution < 1.29 is 14.3 Å². The average molecular weight is 360 g/mol. The Balaban J connectivity index is 1.85. The summed E-state index contributed by atoms with van der Waals surface area (Å²) in [6, 6.07) is 7.95. The Morgan fingerprint density at radius 2 is 1.73 bits per heavy atom. The third-order valence-corrected chi connectivity index (χ3v) is 5.20. The molecule has 1 aromatic carbocycles. The van der Waals surface area contributed by atoms with Crippen LogP contribution in [-0.4, -0.2) is 31.5 Å². The first-order valence-corrected chi connectivity index (χ1v) is 9.66. The lowest BCUT2D eigenvalue weighted by molar-refractivity contribution is -0.141. The minimum Gasteiger partial charge on any atom is -0.496 e. The predicted octanol–water partition coefficient (Wildman–Crippen LogP) is 3.22. The molecule has 1 saturated carbocycles. The third-order valence-electron chi connectivity index (χ3n) is 5.20. The van der Waals surface area contributed by atoms with Crippen molar-refractivity contribution in [1.82, 2.24) is 10.6 Å². The van der Waals surface area contributed by atoms with E-state index in [-0.39, 0.29) is 17.9 Å². The molecule has 1 aliphatic carbocycles. The molecule has 5 heteroatoms. The second kappa shape index (κ2) is 9.60. The van der Waals surface area contributed by atoms with Crippen molar-refractivity contribution in [3.05, 3.63) is 29.8 Å². The van der Waals surface area contributed by atoms with E-state index in [1.165, 1.54) is 12.8 Å². The molecule has 1 fully saturated rings. The van der Waals surface area contributed by atoms with E-state index >= 15 is 0 Å². The normalized spacial score (nSPS) is 15.8. The maximum atomic E-state index is 12.6. The largest absolute Gasteiger partial charge is 0.496 e. The van der Waals surface area contributed by atoms with Gasteiger partial charge in [0.2, 0.25) is 11.8 Å². The number of para-hydroxylation sites is 1. The van der Waals surface area contributed by atoms with Gasteiger partial charge in [-0.1, -0.05) is 43.9 Å². The average Bonchev–Trinajstić information content (AvgIpc) is 2.90. The van der Waals surface area contributed by atoms with E-state index in [9.17, 15) is 9.59 Å². The van der Waals surface area contributed by atoms with Crippen LogP contribution in [0.15, 0.2) is 24.3 Å². The van der Waals surface area contributed by atoms with Crippen molar-refractivity contribution >= 4 is 11.8 Å². The molecule has 0 bridgehead atoms. The fourth-order valence-electron chi connectivity index (χ4n) is 3.33. The highest BCUT2D eigenvalue weighted by Crippen LogP contribution is 2.21. The first-order valence-electron chi connectivity index (χ1n) is 9.66. The maximum absolute atomic E-state index is 12.6. The molecule has 0 atom stereocenters. The van der Waals surface area contributed by atoms with E-state index in [0.29, 0.717) is 13.0 Å². The van der Waals surface area contributed by atoms with Crippen molar-refractivity contribution in [3.63, 3.8) is 0 Å². The van der Waals surface area contributed by atoms with Gasteiger partial charge >= 0.3 is 0 Å².